The lowest BCUT2D eigenvalue weighted by Crippen LogP contribution is -2.31. The third-order valence-corrected chi connectivity index (χ3v) is 4.59. The van der Waals surface area contributed by atoms with Crippen molar-refractivity contribution in [3.63, 3.8) is 0 Å². The van der Waals surface area contributed by atoms with E-state index in [0.717, 1.165) is 27.2 Å². The monoisotopic (exact) mass is 406 g/mol. The van der Waals surface area contributed by atoms with Gasteiger partial charge in [0.25, 0.3) is 5.56 Å². The summed E-state index contributed by atoms with van der Waals surface area (Å²) in [5.74, 6) is -0.538. The fourth-order valence-corrected chi connectivity index (χ4v) is 3.18. The first kappa shape index (κ1) is 18.5. The molecule has 3 N–H and O–H groups in total. The van der Waals surface area contributed by atoms with Crippen LogP contribution in [0.15, 0.2) is 81.4 Å². The number of fused-ring (bicyclic) bond motifs is 1. The molecule has 0 amide bonds. The molecule has 3 aromatic carbocycles. The Labute approximate surface area is 169 Å². The van der Waals surface area contributed by atoms with Crippen LogP contribution in [0.2, 0.25) is 5.02 Å². The van der Waals surface area contributed by atoms with Gasteiger partial charge in [0.15, 0.2) is 0 Å². The normalized spacial score (nSPS) is 11.2. The number of benzene rings is 3. The van der Waals surface area contributed by atoms with E-state index in [0.29, 0.717) is 10.7 Å². The maximum absolute atomic E-state index is 12.2. The molecular weight excluding hydrogens is 392 g/mol. The SMILES string of the molecule is O=c1[nH]c(=O)n(-c2cccc(Cl)c2)c(O)c1C=NNc1cccc2ccccc12. The van der Waals surface area contributed by atoms with E-state index in [2.05, 4.69) is 15.5 Å². The number of aromatic nitrogens is 2. The van der Waals surface area contributed by atoms with Crippen molar-refractivity contribution in [2.24, 2.45) is 5.10 Å². The summed E-state index contributed by atoms with van der Waals surface area (Å²) in [6.45, 7) is 0. The van der Waals surface area contributed by atoms with Crippen molar-refractivity contribution in [1.82, 2.24) is 9.55 Å². The molecule has 0 aliphatic carbocycles. The van der Waals surface area contributed by atoms with Crippen LogP contribution in [-0.4, -0.2) is 20.9 Å². The molecule has 0 spiro atoms. The molecule has 0 aliphatic heterocycles. The van der Waals surface area contributed by atoms with Crippen LogP contribution in [0.1, 0.15) is 5.56 Å². The lowest BCUT2D eigenvalue weighted by Gasteiger charge is -2.10. The zero-order chi connectivity index (χ0) is 20.4. The van der Waals surface area contributed by atoms with E-state index in [4.69, 9.17) is 11.6 Å². The molecule has 0 fully saturated rings. The van der Waals surface area contributed by atoms with Gasteiger partial charge in [-0.25, -0.2) is 9.36 Å². The van der Waals surface area contributed by atoms with E-state index in [9.17, 15) is 14.7 Å². The number of hydrogen-bond acceptors (Lipinski definition) is 5. The van der Waals surface area contributed by atoms with Crippen LogP contribution >= 0.6 is 11.6 Å². The largest absolute Gasteiger partial charge is 0.493 e. The van der Waals surface area contributed by atoms with Gasteiger partial charge in [-0.3, -0.25) is 15.2 Å². The molecular formula is C21H15ClN4O3. The number of rotatable bonds is 4. The molecule has 0 saturated carbocycles. The second-order valence-corrected chi connectivity index (χ2v) is 6.64. The summed E-state index contributed by atoms with van der Waals surface area (Å²) in [6, 6.07) is 19.8. The summed E-state index contributed by atoms with van der Waals surface area (Å²) in [6.07, 6.45) is 1.16. The van der Waals surface area contributed by atoms with Gasteiger partial charge in [-0.2, -0.15) is 5.10 Å². The maximum Gasteiger partial charge on any atom is 0.335 e. The predicted octanol–water partition coefficient (Wildman–Crippen LogP) is 3.48. The number of aromatic amines is 1. The summed E-state index contributed by atoms with van der Waals surface area (Å²) in [7, 11) is 0. The highest BCUT2D eigenvalue weighted by Gasteiger charge is 2.14. The summed E-state index contributed by atoms with van der Waals surface area (Å²) in [5.41, 5.74) is 2.21. The van der Waals surface area contributed by atoms with Crippen LogP contribution in [0, 0.1) is 0 Å². The molecule has 4 rings (SSSR count). The van der Waals surface area contributed by atoms with Crippen molar-refractivity contribution in [2.75, 3.05) is 5.43 Å². The Morgan fingerprint density at radius 2 is 1.79 bits per heavy atom. The van der Waals surface area contributed by atoms with Crippen molar-refractivity contribution < 1.29 is 5.11 Å². The van der Waals surface area contributed by atoms with Gasteiger partial charge in [0.05, 0.1) is 17.6 Å². The van der Waals surface area contributed by atoms with Gasteiger partial charge in [-0.1, -0.05) is 54.1 Å². The highest BCUT2D eigenvalue weighted by atomic mass is 35.5. The molecule has 29 heavy (non-hydrogen) atoms. The summed E-state index contributed by atoms with van der Waals surface area (Å²) < 4.78 is 0.951. The van der Waals surface area contributed by atoms with Crippen LogP contribution in [0.5, 0.6) is 5.88 Å². The topological polar surface area (TPSA) is 99.5 Å². The first-order chi connectivity index (χ1) is 14.0. The molecule has 144 valence electrons. The minimum Gasteiger partial charge on any atom is -0.493 e. The van der Waals surface area contributed by atoms with Crippen molar-refractivity contribution in [3.05, 3.63) is 98.2 Å². The minimum atomic E-state index is -0.783. The van der Waals surface area contributed by atoms with Crippen LogP contribution in [0.3, 0.4) is 0 Å². The fraction of sp³-hybridized carbons (Fsp3) is 0. The van der Waals surface area contributed by atoms with Gasteiger partial charge in [-0.15, -0.1) is 0 Å². The van der Waals surface area contributed by atoms with E-state index in [1.54, 1.807) is 18.2 Å². The van der Waals surface area contributed by atoms with Crippen LogP contribution in [0.25, 0.3) is 16.5 Å². The number of anilines is 1. The molecule has 7 nitrogen and oxygen atoms in total. The van der Waals surface area contributed by atoms with Crippen LogP contribution in [0.4, 0.5) is 5.69 Å². The van der Waals surface area contributed by atoms with Gasteiger partial charge in [0, 0.05) is 10.4 Å². The van der Waals surface area contributed by atoms with Gasteiger partial charge < -0.3 is 5.11 Å². The summed E-state index contributed by atoms with van der Waals surface area (Å²) in [5, 5.41) is 17.0. The highest BCUT2D eigenvalue weighted by Crippen LogP contribution is 2.23. The number of halogens is 1. The second-order valence-electron chi connectivity index (χ2n) is 6.21. The first-order valence-corrected chi connectivity index (χ1v) is 9.03. The maximum atomic E-state index is 12.2. The quantitative estimate of drug-likeness (QED) is 0.357. The number of aromatic hydroxyl groups is 1. The van der Waals surface area contributed by atoms with E-state index in [1.165, 1.54) is 6.07 Å². The second kappa shape index (κ2) is 7.65. The Hall–Kier alpha value is -3.84. The number of hydrogen-bond donors (Lipinski definition) is 3. The van der Waals surface area contributed by atoms with Gasteiger partial charge in [-0.05, 0) is 29.7 Å². The van der Waals surface area contributed by atoms with Crippen molar-refractivity contribution >= 4 is 34.3 Å². The van der Waals surface area contributed by atoms with E-state index in [-0.39, 0.29) is 5.56 Å². The van der Waals surface area contributed by atoms with E-state index < -0.39 is 17.1 Å². The van der Waals surface area contributed by atoms with Gasteiger partial charge in [0.2, 0.25) is 5.88 Å². The number of hydrazone groups is 1. The van der Waals surface area contributed by atoms with Gasteiger partial charge >= 0.3 is 5.69 Å². The zero-order valence-corrected chi connectivity index (χ0v) is 15.7. The summed E-state index contributed by atoms with van der Waals surface area (Å²) >= 11 is 5.96. The molecule has 0 bridgehead atoms. The Morgan fingerprint density at radius 3 is 2.62 bits per heavy atom. The van der Waals surface area contributed by atoms with E-state index >= 15 is 0 Å². The van der Waals surface area contributed by atoms with E-state index in [1.807, 2.05) is 42.5 Å². The molecule has 0 atom stereocenters. The molecule has 0 saturated heterocycles. The van der Waals surface area contributed by atoms with Crippen molar-refractivity contribution in [3.8, 4) is 11.6 Å². The smallest absolute Gasteiger partial charge is 0.335 e. The van der Waals surface area contributed by atoms with Crippen LogP contribution in [-0.2, 0) is 0 Å². The third-order valence-electron chi connectivity index (χ3n) is 4.36. The lowest BCUT2D eigenvalue weighted by atomic mass is 10.1. The highest BCUT2D eigenvalue weighted by molar-refractivity contribution is 6.30. The molecule has 1 heterocycles. The average Bonchev–Trinajstić information content (AvgIpc) is 2.70. The Kier molecular flexibility index (Phi) is 4.88. The molecule has 0 unspecified atom stereocenters. The fourth-order valence-electron chi connectivity index (χ4n) is 3.00. The van der Waals surface area contributed by atoms with Gasteiger partial charge in [0.1, 0.15) is 5.56 Å². The van der Waals surface area contributed by atoms with Crippen molar-refractivity contribution in [1.29, 1.82) is 0 Å². The molecule has 0 radical (unpaired) electrons. The lowest BCUT2D eigenvalue weighted by molar-refractivity contribution is 0.430. The number of nitrogens with one attached hydrogen (secondary N) is 2. The standard InChI is InChI=1S/C21H15ClN4O3/c22-14-7-4-8-15(11-14)26-20(28)17(19(27)24-21(26)29)12-23-25-18-10-3-6-13-5-1-2-9-16(13)18/h1-12,25,28H,(H,24,27,29). The first-order valence-electron chi connectivity index (χ1n) is 8.65. The minimum absolute atomic E-state index is 0.169. The molecule has 8 heteroatoms. The Morgan fingerprint density at radius 1 is 1.03 bits per heavy atom. The number of H-pyrrole nitrogens is 1. The predicted molar refractivity (Wildman–Crippen MR) is 114 cm³/mol. The Balaban J connectivity index is 1.73. The third kappa shape index (κ3) is 3.63. The molecule has 1 aromatic heterocycles. The average molecular weight is 407 g/mol. The van der Waals surface area contributed by atoms with Crippen LogP contribution < -0.4 is 16.7 Å². The zero-order valence-electron chi connectivity index (χ0n) is 15.0. The van der Waals surface area contributed by atoms with Crippen molar-refractivity contribution in [2.45, 2.75) is 0 Å². The molecule has 4 aromatic rings. The summed E-state index contributed by atoms with van der Waals surface area (Å²) in [4.78, 5) is 26.6. The number of nitrogens with zero attached hydrogens (tertiary/aromatic N) is 2. The Bertz CT molecular complexity index is 1350. The molecule has 0 aliphatic rings.